The molecule has 4 heterocycles. The van der Waals surface area contributed by atoms with Crippen LogP contribution in [-0.2, 0) is 9.53 Å². The Kier molecular flexibility index (Phi) is 5.47. The predicted octanol–water partition coefficient (Wildman–Crippen LogP) is 0.691. The zero-order chi connectivity index (χ0) is 22.0. The second-order valence-corrected chi connectivity index (χ2v) is 7.63. The molecule has 0 spiro atoms. The van der Waals surface area contributed by atoms with Crippen LogP contribution >= 0.6 is 11.3 Å². The van der Waals surface area contributed by atoms with Crippen molar-refractivity contribution >= 4 is 34.8 Å². The van der Waals surface area contributed by atoms with Gasteiger partial charge in [0.15, 0.2) is 0 Å². The second-order valence-electron chi connectivity index (χ2n) is 6.60. The van der Waals surface area contributed by atoms with Gasteiger partial charge in [0.25, 0.3) is 5.56 Å². The van der Waals surface area contributed by atoms with Crippen LogP contribution in [0.25, 0.3) is 17.5 Å². The Morgan fingerprint density at radius 2 is 1.90 bits per heavy atom. The van der Waals surface area contributed by atoms with E-state index in [9.17, 15) is 14.9 Å². The summed E-state index contributed by atoms with van der Waals surface area (Å²) in [5, 5.41) is 9.89. The first-order chi connectivity index (χ1) is 15.1. The van der Waals surface area contributed by atoms with E-state index in [1.54, 1.807) is 62.1 Å². The molecule has 9 heteroatoms. The molecule has 1 atom stereocenters. The van der Waals surface area contributed by atoms with E-state index >= 15 is 0 Å². The van der Waals surface area contributed by atoms with Crippen molar-refractivity contribution in [3.63, 3.8) is 0 Å². The summed E-state index contributed by atoms with van der Waals surface area (Å²) in [5.41, 5.74) is 7.63. The molecule has 0 radical (unpaired) electrons. The predicted molar refractivity (Wildman–Crippen MR) is 116 cm³/mol. The van der Waals surface area contributed by atoms with E-state index in [0.29, 0.717) is 14.8 Å². The Bertz CT molecular complexity index is 1400. The summed E-state index contributed by atoms with van der Waals surface area (Å²) < 4.78 is 7.24. The molecule has 0 saturated heterocycles. The van der Waals surface area contributed by atoms with E-state index < -0.39 is 17.4 Å². The molecule has 3 aromatic heterocycles. The minimum atomic E-state index is -0.765. The molecule has 8 nitrogen and oxygen atoms in total. The fourth-order valence-corrected chi connectivity index (χ4v) is 4.62. The van der Waals surface area contributed by atoms with E-state index in [0.717, 1.165) is 16.9 Å². The van der Waals surface area contributed by atoms with Crippen LogP contribution in [0.3, 0.4) is 0 Å². The quantitative estimate of drug-likeness (QED) is 0.603. The molecule has 0 aromatic carbocycles. The number of esters is 1. The number of ether oxygens (including phenoxy) is 1. The summed E-state index contributed by atoms with van der Waals surface area (Å²) >= 11 is 1.13. The van der Waals surface area contributed by atoms with Crippen molar-refractivity contribution in [3.05, 3.63) is 85.3 Å². The van der Waals surface area contributed by atoms with Gasteiger partial charge < -0.3 is 10.5 Å². The molecule has 2 N–H and O–H groups in total. The smallest absolute Gasteiger partial charge is 0.338 e. The molecule has 0 aliphatic carbocycles. The maximum Gasteiger partial charge on any atom is 0.338 e. The lowest BCUT2D eigenvalue weighted by molar-refractivity contribution is -0.136. The van der Waals surface area contributed by atoms with Gasteiger partial charge in [-0.1, -0.05) is 0 Å². The molecule has 154 valence electrons. The minimum Gasteiger partial charge on any atom is -0.463 e. The zero-order valence-corrected chi connectivity index (χ0v) is 17.3. The van der Waals surface area contributed by atoms with Crippen LogP contribution < -0.4 is 20.5 Å². The first-order valence-corrected chi connectivity index (χ1v) is 10.2. The summed E-state index contributed by atoms with van der Waals surface area (Å²) in [4.78, 5) is 34.2. The molecule has 0 fully saturated rings. The van der Waals surface area contributed by atoms with Crippen molar-refractivity contribution in [1.82, 2.24) is 14.5 Å². The number of pyridine rings is 2. The van der Waals surface area contributed by atoms with Crippen LogP contribution in [0.15, 0.2) is 59.4 Å². The summed E-state index contributed by atoms with van der Waals surface area (Å²) in [7, 11) is 0. The molecule has 1 unspecified atom stereocenters. The summed E-state index contributed by atoms with van der Waals surface area (Å²) in [6.07, 6.45) is 8.08. The number of rotatable bonds is 4. The number of carbonyl (C=O) groups is 1. The Morgan fingerprint density at radius 1 is 1.26 bits per heavy atom. The number of hydrogen-bond acceptors (Lipinski definition) is 8. The molecular weight excluding hydrogens is 414 g/mol. The van der Waals surface area contributed by atoms with Crippen LogP contribution in [0, 0.1) is 11.3 Å². The fourth-order valence-electron chi connectivity index (χ4n) is 3.45. The number of allylic oxidation sites excluding steroid dienone is 1. The molecule has 0 bridgehead atoms. The summed E-state index contributed by atoms with van der Waals surface area (Å²) in [6, 6.07) is 9.03. The second kappa shape index (κ2) is 8.38. The van der Waals surface area contributed by atoms with E-state index in [1.165, 1.54) is 4.57 Å². The number of nitriles is 1. The third-order valence-corrected chi connectivity index (χ3v) is 5.92. The average molecular weight is 431 g/mol. The third kappa shape index (κ3) is 3.53. The van der Waals surface area contributed by atoms with Crippen molar-refractivity contribution in [2.45, 2.75) is 12.8 Å². The molecule has 4 rings (SSSR count). The lowest BCUT2D eigenvalue weighted by Gasteiger charge is -2.24. The summed E-state index contributed by atoms with van der Waals surface area (Å²) in [5.74, 6) is -1.36. The van der Waals surface area contributed by atoms with Crippen molar-refractivity contribution in [1.29, 1.82) is 5.26 Å². The zero-order valence-electron chi connectivity index (χ0n) is 16.5. The standard InChI is InChI=1S/C22H17N5O3S/c1-2-30-22(29)18-17(14-5-9-26-10-6-14)15(12-23)19(24)27-20(28)16(31-21(18)27)11-13-3-7-25-8-4-13/h3-11,17H,2,24H2,1H3. The van der Waals surface area contributed by atoms with Crippen molar-refractivity contribution in [2.24, 2.45) is 5.73 Å². The van der Waals surface area contributed by atoms with Gasteiger partial charge in [0.2, 0.25) is 0 Å². The number of carbonyl (C=O) groups excluding carboxylic acids is 1. The highest BCUT2D eigenvalue weighted by Gasteiger charge is 2.36. The van der Waals surface area contributed by atoms with Crippen LogP contribution in [-0.4, -0.2) is 27.1 Å². The van der Waals surface area contributed by atoms with Gasteiger partial charge in [-0.15, -0.1) is 11.3 Å². The molecule has 1 aliphatic rings. The molecule has 0 saturated carbocycles. The van der Waals surface area contributed by atoms with Gasteiger partial charge in [0, 0.05) is 24.8 Å². The van der Waals surface area contributed by atoms with Gasteiger partial charge in [0.05, 0.1) is 34.3 Å². The van der Waals surface area contributed by atoms with E-state index in [-0.39, 0.29) is 23.6 Å². The number of fused-ring (bicyclic) bond motifs is 1. The lowest BCUT2D eigenvalue weighted by Crippen LogP contribution is -2.40. The van der Waals surface area contributed by atoms with Gasteiger partial charge in [-0.25, -0.2) is 4.79 Å². The van der Waals surface area contributed by atoms with Crippen LogP contribution in [0.2, 0.25) is 0 Å². The largest absolute Gasteiger partial charge is 0.463 e. The minimum absolute atomic E-state index is 0.00277. The highest BCUT2D eigenvalue weighted by molar-refractivity contribution is 7.07. The summed E-state index contributed by atoms with van der Waals surface area (Å²) in [6.45, 7) is 1.85. The highest BCUT2D eigenvalue weighted by atomic mass is 32.1. The maximum atomic E-state index is 13.2. The van der Waals surface area contributed by atoms with Crippen LogP contribution in [0.4, 0.5) is 0 Å². The normalized spacial score (nSPS) is 16.1. The van der Waals surface area contributed by atoms with Crippen LogP contribution in [0.5, 0.6) is 0 Å². The van der Waals surface area contributed by atoms with Crippen molar-refractivity contribution in [2.75, 3.05) is 6.61 Å². The number of nitrogens with zero attached hydrogens (tertiary/aromatic N) is 4. The SMILES string of the molecule is CCOC(=O)C1=c2sc(=Cc3ccncc3)c(=O)n2C(N)=C(C#N)C1c1ccncc1. The van der Waals surface area contributed by atoms with Crippen molar-refractivity contribution < 1.29 is 9.53 Å². The molecule has 3 aromatic rings. The maximum absolute atomic E-state index is 13.2. The van der Waals surface area contributed by atoms with Crippen molar-refractivity contribution in [3.8, 4) is 6.07 Å². The highest BCUT2D eigenvalue weighted by Crippen LogP contribution is 2.36. The molecular formula is C22H17N5O3S. The van der Waals surface area contributed by atoms with E-state index in [1.807, 2.05) is 0 Å². The first kappa shape index (κ1) is 20.3. The molecule has 0 amide bonds. The Labute approximate surface area is 180 Å². The average Bonchev–Trinajstić information content (AvgIpc) is 3.11. The molecule has 31 heavy (non-hydrogen) atoms. The Hall–Kier alpha value is -4.03. The molecule has 1 aliphatic heterocycles. The Balaban J connectivity index is 2.10. The van der Waals surface area contributed by atoms with Gasteiger partial charge in [-0.3, -0.25) is 19.3 Å². The number of nitrogens with two attached hydrogens (primary N) is 1. The number of thiazole rings is 1. The van der Waals surface area contributed by atoms with Gasteiger partial charge in [0.1, 0.15) is 10.5 Å². The lowest BCUT2D eigenvalue weighted by atomic mass is 9.84. The van der Waals surface area contributed by atoms with E-state index in [2.05, 4.69) is 16.0 Å². The topological polar surface area (TPSA) is 124 Å². The van der Waals surface area contributed by atoms with Crippen LogP contribution in [0.1, 0.15) is 24.0 Å². The van der Waals surface area contributed by atoms with Gasteiger partial charge >= 0.3 is 5.97 Å². The number of hydrogen-bond donors (Lipinski definition) is 1. The van der Waals surface area contributed by atoms with E-state index in [4.69, 9.17) is 10.5 Å². The van der Waals surface area contributed by atoms with Gasteiger partial charge in [-0.05, 0) is 48.4 Å². The number of aromatic nitrogens is 3. The third-order valence-electron chi connectivity index (χ3n) is 4.81. The van der Waals surface area contributed by atoms with Gasteiger partial charge in [-0.2, -0.15) is 5.26 Å². The first-order valence-electron chi connectivity index (χ1n) is 9.41. The monoisotopic (exact) mass is 431 g/mol. The fraction of sp³-hybridized carbons (Fsp3) is 0.136. The Morgan fingerprint density at radius 3 is 2.52 bits per heavy atom.